The molecule has 0 spiro atoms. The third-order valence-electron chi connectivity index (χ3n) is 2.70. The van der Waals surface area contributed by atoms with Crippen LogP contribution in [0.1, 0.15) is 19.8 Å². The number of carbonyl (C=O) groups is 1. The van der Waals surface area contributed by atoms with E-state index < -0.39 is 17.2 Å². The van der Waals surface area contributed by atoms with Crippen molar-refractivity contribution in [3.05, 3.63) is 20.8 Å². The van der Waals surface area contributed by atoms with Crippen LogP contribution in [0.4, 0.5) is 11.5 Å². The Balaban J connectivity index is 3.20. The van der Waals surface area contributed by atoms with Gasteiger partial charge in [-0.2, -0.15) is 0 Å². The fourth-order valence-corrected chi connectivity index (χ4v) is 1.70. The van der Waals surface area contributed by atoms with Crippen LogP contribution in [0, 0.1) is 0 Å². The summed E-state index contributed by atoms with van der Waals surface area (Å²) < 4.78 is 2.31. The van der Waals surface area contributed by atoms with Crippen LogP contribution in [0.25, 0.3) is 0 Å². The fraction of sp³-hybridized carbons (Fsp3) is 0.545. The van der Waals surface area contributed by atoms with Crippen molar-refractivity contribution in [3.8, 4) is 0 Å². The lowest BCUT2D eigenvalue weighted by atomic mass is 10.3. The normalized spacial score (nSPS) is 10.4. The molecule has 0 fully saturated rings. The summed E-state index contributed by atoms with van der Waals surface area (Å²) in [7, 11) is 1.38. The minimum atomic E-state index is -0.515. The number of nitrogens with one attached hydrogen (secondary N) is 1. The number of hydrogen-bond acceptors (Lipinski definition) is 5. The van der Waals surface area contributed by atoms with E-state index in [1.54, 1.807) is 0 Å². The highest BCUT2D eigenvalue weighted by Crippen LogP contribution is 2.10. The number of nitrogens with two attached hydrogens (primary N) is 2. The second-order valence-corrected chi connectivity index (χ2v) is 4.20. The van der Waals surface area contributed by atoms with E-state index in [0.717, 1.165) is 4.57 Å². The molecule has 0 saturated heterocycles. The van der Waals surface area contributed by atoms with Crippen LogP contribution in [-0.4, -0.2) is 21.6 Å². The van der Waals surface area contributed by atoms with E-state index in [2.05, 4.69) is 5.32 Å². The van der Waals surface area contributed by atoms with Crippen LogP contribution in [0.2, 0.25) is 0 Å². The molecule has 0 aromatic carbocycles. The molecule has 5 N–H and O–H groups in total. The van der Waals surface area contributed by atoms with Crippen LogP contribution in [0.5, 0.6) is 0 Å². The topological polar surface area (TPSA) is 125 Å². The van der Waals surface area contributed by atoms with E-state index in [9.17, 15) is 14.4 Å². The molecular formula is C11H19N5O3. The number of nitrogen functional groups attached to an aromatic ring is 1. The Hall–Kier alpha value is -2.25. The second-order valence-electron chi connectivity index (χ2n) is 4.20. The lowest BCUT2D eigenvalue weighted by Gasteiger charge is -2.15. The highest BCUT2D eigenvalue weighted by molar-refractivity contribution is 5.74. The number of aromatic nitrogens is 2. The molecule has 8 heteroatoms. The first kappa shape index (κ1) is 14.8. The van der Waals surface area contributed by atoms with Gasteiger partial charge in [-0.05, 0) is 6.42 Å². The number of carbonyl (C=O) groups excluding carboxylic acids is 1. The van der Waals surface area contributed by atoms with Crippen LogP contribution < -0.4 is 28.0 Å². The molecule has 1 heterocycles. The molecule has 0 atom stereocenters. The fourth-order valence-electron chi connectivity index (χ4n) is 1.70. The van der Waals surface area contributed by atoms with E-state index in [0.29, 0.717) is 13.0 Å². The standard InChI is InChI=1S/C11H19N5O3/c1-3-6-16-9(13)8(14-5-4-7(12)17)10(18)15(2)11(16)19/h14H,3-6,13H2,1-2H3,(H2,12,17). The minimum Gasteiger partial charge on any atom is -0.383 e. The van der Waals surface area contributed by atoms with Crippen molar-refractivity contribution in [2.45, 2.75) is 26.3 Å². The molecule has 0 aliphatic carbocycles. The van der Waals surface area contributed by atoms with Crippen molar-refractivity contribution in [1.29, 1.82) is 0 Å². The van der Waals surface area contributed by atoms with Gasteiger partial charge in [0.2, 0.25) is 5.91 Å². The number of hydrogen-bond donors (Lipinski definition) is 3. The van der Waals surface area contributed by atoms with Gasteiger partial charge in [0.15, 0.2) is 0 Å². The largest absolute Gasteiger partial charge is 0.383 e. The summed E-state index contributed by atoms with van der Waals surface area (Å²) in [5, 5.41) is 2.76. The average Bonchev–Trinajstić information content (AvgIpc) is 2.36. The number of rotatable bonds is 6. The first-order valence-electron chi connectivity index (χ1n) is 6.01. The molecule has 0 radical (unpaired) electrons. The van der Waals surface area contributed by atoms with Gasteiger partial charge in [0.05, 0.1) is 0 Å². The predicted octanol–water partition coefficient (Wildman–Crippen LogP) is -1.17. The summed E-state index contributed by atoms with van der Waals surface area (Å²) in [6, 6.07) is 0. The zero-order valence-electron chi connectivity index (χ0n) is 11.1. The number of primary amides is 1. The maximum atomic E-state index is 11.9. The molecule has 1 amide bonds. The Morgan fingerprint density at radius 3 is 2.53 bits per heavy atom. The molecule has 106 valence electrons. The van der Waals surface area contributed by atoms with Gasteiger partial charge in [-0.25, -0.2) is 4.79 Å². The first-order chi connectivity index (χ1) is 8.90. The monoisotopic (exact) mass is 269 g/mol. The molecule has 1 aromatic rings. The molecule has 0 bridgehead atoms. The molecule has 0 aliphatic heterocycles. The number of anilines is 2. The summed E-state index contributed by atoms with van der Waals surface area (Å²) >= 11 is 0. The van der Waals surface area contributed by atoms with Gasteiger partial charge in [0.1, 0.15) is 11.5 Å². The van der Waals surface area contributed by atoms with Gasteiger partial charge < -0.3 is 16.8 Å². The molecule has 19 heavy (non-hydrogen) atoms. The van der Waals surface area contributed by atoms with Crippen molar-refractivity contribution in [2.75, 3.05) is 17.6 Å². The molecule has 1 rings (SSSR count). The van der Waals surface area contributed by atoms with Gasteiger partial charge >= 0.3 is 5.69 Å². The van der Waals surface area contributed by atoms with Gasteiger partial charge in [-0.15, -0.1) is 0 Å². The van der Waals surface area contributed by atoms with Crippen LogP contribution >= 0.6 is 0 Å². The third kappa shape index (κ3) is 3.15. The zero-order chi connectivity index (χ0) is 14.6. The van der Waals surface area contributed by atoms with Crippen LogP contribution in [0.15, 0.2) is 9.59 Å². The van der Waals surface area contributed by atoms with Crippen LogP contribution in [0.3, 0.4) is 0 Å². The van der Waals surface area contributed by atoms with Crippen molar-refractivity contribution >= 4 is 17.4 Å². The summed E-state index contributed by atoms with van der Waals surface area (Å²) in [4.78, 5) is 34.5. The molecule has 0 aliphatic rings. The van der Waals surface area contributed by atoms with Crippen molar-refractivity contribution in [3.63, 3.8) is 0 Å². The van der Waals surface area contributed by atoms with E-state index in [1.807, 2.05) is 6.92 Å². The summed E-state index contributed by atoms with van der Waals surface area (Å²) in [6.45, 7) is 2.51. The maximum absolute atomic E-state index is 11.9. The first-order valence-corrected chi connectivity index (χ1v) is 6.01. The minimum absolute atomic E-state index is 0.0789. The lowest BCUT2D eigenvalue weighted by Crippen LogP contribution is -2.41. The number of nitrogens with zero attached hydrogens (tertiary/aromatic N) is 2. The Morgan fingerprint density at radius 1 is 1.37 bits per heavy atom. The van der Waals surface area contributed by atoms with Gasteiger partial charge in [-0.3, -0.25) is 18.7 Å². The van der Waals surface area contributed by atoms with E-state index in [-0.39, 0.29) is 24.5 Å². The second kappa shape index (κ2) is 6.07. The number of amides is 1. The molecule has 0 saturated carbocycles. The molecule has 8 nitrogen and oxygen atoms in total. The summed E-state index contributed by atoms with van der Waals surface area (Å²) in [6.07, 6.45) is 0.790. The van der Waals surface area contributed by atoms with Gasteiger partial charge in [0.25, 0.3) is 5.56 Å². The average molecular weight is 269 g/mol. The predicted molar refractivity (Wildman–Crippen MR) is 72.9 cm³/mol. The zero-order valence-corrected chi connectivity index (χ0v) is 11.1. The smallest absolute Gasteiger partial charge is 0.332 e. The van der Waals surface area contributed by atoms with E-state index >= 15 is 0 Å². The summed E-state index contributed by atoms with van der Waals surface area (Å²) in [5.74, 6) is -0.399. The van der Waals surface area contributed by atoms with Crippen molar-refractivity contribution in [1.82, 2.24) is 9.13 Å². The molecule has 1 aromatic heterocycles. The van der Waals surface area contributed by atoms with Crippen LogP contribution in [-0.2, 0) is 18.4 Å². The Labute approximate surface area is 110 Å². The SMILES string of the molecule is CCCn1c(N)c(NCCC(N)=O)c(=O)n(C)c1=O. The summed E-state index contributed by atoms with van der Waals surface area (Å²) in [5.41, 5.74) is 10.00. The highest BCUT2D eigenvalue weighted by Gasteiger charge is 2.14. The molecular weight excluding hydrogens is 250 g/mol. The van der Waals surface area contributed by atoms with Gasteiger partial charge in [0, 0.05) is 26.6 Å². The Bertz CT molecular complexity index is 587. The van der Waals surface area contributed by atoms with E-state index in [1.165, 1.54) is 11.6 Å². The lowest BCUT2D eigenvalue weighted by molar-refractivity contribution is -0.117. The highest BCUT2D eigenvalue weighted by atomic mass is 16.2. The third-order valence-corrected chi connectivity index (χ3v) is 2.70. The molecule has 0 unspecified atom stereocenters. The Kier molecular flexibility index (Phi) is 4.74. The van der Waals surface area contributed by atoms with Crippen molar-refractivity contribution in [2.24, 2.45) is 12.8 Å². The van der Waals surface area contributed by atoms with Crippen molar-refractivity contribution < 1.29 is 4.79 Å². The van der Waals surface area contributed by atoms with E-state index in [4.69, 9.17) is 11.5 Å². The maximum Gasteiger partial charge on any atom is 0.332 e. The quantitative estimate of drug-likeness (QED) is 0.600. The Morgan fingerprint density at radius 2 is 2.00 bits per heavy atom. The van der Waals surface area contributed by atoms with Gasteiger partial charge in [-0.1, -0.05) is 6.92 Å².